The molecule has 3 rings (SSSR count). The molecule has 0 radical (unpaired) electrons. The topological polar surface area (TPSA) is 64.4 Å². The van der Waals surface area contributed by atoms with Crippen molar-refractivity contribution in [3.05, 3.63) is 29.6 Å². The molecule has 17 heavy (non-hydrogen) atoms. The van der Waals surface area contributed by atoms with E-state index in [1.165, 1.54) is 0 Å². The summed E-state index contributed by atoms with van der Waals surface area (Å²) in [5.74, 6) is -0.0525. The number of rotatable bonds is 2. The lowest BCUT2D eigenvalue weighted by Gasteiger charge is -2.25. The van der Waals surface area contributed by atoms with E-state index >= 15 is 0 Å². The van der Waals surface area contributed by atoms with Crippen LogP contribution < -0.4 is 0 Å². The Morgan fingerprint density at radius 1 is 1.59 bits per heavy atom. The third kappa shape index (κ3) is 1.51. The molecule has 0 spiro atoms. The molecule has 1 saturated heterocycles. The summed E-state index contributed by atoms with van der Waals surface area (Å²) in [6, 6.07) is 4.96. The maximum atomic E-state index is 10.9. The number of ether oxygens (including phenoxy) is 1. The molecule has 1 atom stereocenters. The zero-order valence-corrected chi connectivity index (χ0v) is 9.38. The molecule has 0 aliphatic carbocycles. The monoisotopic (exact) mass is 232 g/mol. The van der Waals surface area contributed by atoms with Gasteiger partial charge in [0.25, 0.3) is 0 Å². The summed E-state index contributed by atoms with van der Waals surface area (Å²) >= 11 is 0. The van der Waals surface area contributed by atoms with Gasteiger partial charge in [0.2, 0.25) is 0 Å². The van der Waals surface area contributed by atoms with E-state index in [0.717, 1.165) is 29.9 Å². The van der Waals surface area contributed by atoms with Gasteiger partial charge in [-0.05, 0) is 18.2 Å². The second kappa shape index (κ2) is 3.56. The SMILES string of the molecule is Cn1c([C@@H]2CCO2)nc2ccc(C(=O)O)cc21. The summed E-state index contributed by atoms with van der Waals surface area (Å²) < 4.78 is 7.31. The number of carboxylic acids is 1. The Bertz CT molecular complexity index is 599. The average Bonchev–Trinajstić information content (AvgIpc) is 2.54. The fraction of sp³-hybridized carbons (Fsp3) is 0.333. The number of fused-ring (bicyclic) bond motifs is 1. The third-order valence-electron chi connectivity index (χ3n) is 3.15. The Morgan fingerprint density at radius 3 is 2.94 bits per heavy atom. The van der Waals surface area contributed by atoms with Crippen LogP contribution in [-0.2, 0) is 11.8 Å². The van der Waals surface area contributed by atoms with Crippen molar-refractivity contribution in [3.63, 3.8) is 0 Å². The molecular formula is C12H12N2O3. The van der Waals surface area contributed by atoms with Crippen LogP contribution in [0.3, 0.4) is 0 Å². The molecule has 0 bridgehead atoms. The molecule has 0 unspecified atom stereocenters. The number of aryl methyl sites for hydroxylation is 1. The van der Waals surface area contributed by atoms with E-state index in [2.05, 4.69) is 4.98 Å². The molecule has 5 nitrogen and oxygen atoms in total. The van der Waals surface area contributed by atoms with Crippen molar-refractivity contribution in [1.29, 1.82) is 0 Å². The lowest BCUT2D eigenvalue weighted by Crippen LogP contribution is -2.21. The highest BCUT2D eigenvalue weighted by atomic mass is 16.5. The Hall–Kier alpha value is -1.88. The van der Waals surface area contributed by atoms with Crippen LogP contribution in [0.25, 0.3) is 11.0 Å². The molecule has 1 aliphatic heterocycles. The van der Waals surface area contributed by atoms with Gasteiger partial charge in [-0.2, -0.15) is 0 Å². The van der Waals surface area contributed by atoms with Crippen LogP contribution >= 0.6 is 0 Å². The third-order valence-corrected chi connectivity index (χ3v) is 3.15. The minimum absolute atomic E-state index is 0.0562. The van der Waals surface area contributed by atoms with Crippen LogP contribution in [0.15, 0.2) is 18.2 Å². The first-order valence-electron chi connectivity index (χ1n) is 5.48. The van der Waals surface area contributed by atoms with E-state index < -0.39 is 5.97 Å². The number of aromatic carboxylic acids is 1. The zero-order valence-electron chi connectivity index (χ0n) is 9.38. The summed E-state index contributed by atoms with van der Waals surface area (Å²) in [6.07, 6.45) is 1.03. The van der Waals surface area contributed by atoms with E-state index in [1.54, 1.807) is 18.2 Å². The standard InChI is InChI=1S/C12H12N2O3/c1-14-9-6-7(12(15)16)2-3-8(9)13-11(14)10-4-5-17-10/h2-3,6,10H,4-5H2,1H3,(H,15,16)/t10-/m0/s1. The summed E-state index contributed by atoms with van der Waals surface area (Å²) in [5.41, 5.74) is 1.92. The van der Waals surface area contributed by atoms with Gasteiger partial charge in [0.15, 0.2) is 0 Å². The number of imidazole rings is 1. The molecule has 2 aromatic rings. The fourth-order valence-electron chi connectivity index (χ4n) is 2.07. The largest absolute Gasteiger partial charge is 0.478 e. The highest BCUT2D eigenvalue weighted by Crippen LogP contribution is 2.30. The number of aromatic nitrogens is 2. The van der Waals surface area contributed by atoms with Crippen LogP contribution in [0.4, 0.5) is 0 Å². The predicted molar refractivity (Wildman–Crippen MR) is 61.0 cm³/mol. The number of hydrogen-bond acceptors (Lipinski definition) is 3. The molecule has 1 N–H and O–H groups in total. The van der Waals surface area contributed by atoms with Gasteiger partial charge >= 0.3 is 5.97 Å². The summed E-state index contributed by atoms with van der Waals surface area (Å²) in [4.78, 5) is 15.4. The minimum Gasteiger partial charge on any atom is -0.478 e. The molecule has 5 heteroatoms. The molecule has 88 valence electrons. The molecule has 1 aromatic heterocycles. The number of nitrogens with zero attached hydrogens (tertiary/aromatic N) is 2. The fourth-order valence-corrected chi connectivity index (χ4v) is 2.07. The normalized spacial score (nSPS) is 19.2. The first kappa shape index (κ1) is 10.3. The van der Waals surface area contributed by atoms with Crippen LogP contribution in [0, 0.1) is 0 Å². The van der Waals surface area contributed by atoms with Crippen LogP contribution in [0.5, 0.6) is 0 Å². The maximum absolute atomic E-state index is 10.9. The highest BCUT2D eigenvalue weighted by molar-refractivity contribution is 5.92. The van der Waals surface area contributed by atoms with Crippen LogP contribution in [-0.4, -0.2) is 27.2 Å². The predicted octanol–water partition coefficient (Wildman–Crippen LogP) is 1.73. The van der Waals surface area contributed by atoms with E-state index in [-0.39, 0.29) is 11.7 Å². The first-order valence-corrected chi connectivity index (χ1v) is 5.48. The van der Waals surface area contributed by atoms with E-state index in [9.17, 15) is 4.79 Å². The van der Waals surface area contributed by atoms with Gasteiger partial charge in [-0.1, -0.05) is 0 Å². The smallest absolute Gasteiger partial charge is 0.335 e. The quantitative estimate of drug-likeness (QED) is 0.856. The van der Waals surface area contributed by atoms with Gasteiger partial charge in [0, 0.05) is 13.5 Å². The molecule has 0 amide bonds. The van der Waals surface area contributed by atoms with Gasteiger partial charge in [0.05, 0.1) is 23.2 Å². The summed E-state index contributed by atoms with van der Waals surface area (Å²) in [7, 11) is 1.89. The average molecular weight is 232 g/mol. The van der Waals surface area contributed by atoms with Crippen molar-refractivity contribution in [2.75, 3.05) is 6.61 Å². The molecule has 1 fully saturated rings. The number of benzene rings is 1. The van der Waals surface area contributed by atoms with Crippen LogP contribution in [0.1, 0.15) is 28.7 Å². The lowest BCUT2D eigenvalue weighted by molar-refractivity contribution is -0.0591. The zero-order chi connectivity index (χ0) is 12.0. The summed E-state index contributed by atoms with van der Waals surface area (Å²) in [5, 5.41) is 8.95. The van der Waals surface area contributed by atoms with Gasteiger partial charge < -0.3 is 14.4 Å². The van der Waals surface area contributed by atoms with Gasteiger partial charge in [-0.25, -0.2) is 9.78 Å². The van der Waals surface area contributed by atoms with E-state index in [4.69, 9.17) is 9.84 Å². The van der Waals surface area contributed by atoms with Crippen molar-refractivity contribution < 1.29 is 14.6 Å². The number of carbonyl (C=O) groups is 1. The van der Waals surface area contributed by atoms with E-state index in [1.807, 2.05) is 11.6 Å². The second-order valence-corrected chi connectivity index (χ2v) is 4.19. The molecule has 1 aromatic carbocycles. The van der Waals surface area contributed by atoms with Gasteiger partial charge in [-0.3, -0.25) is 0 Å². The van der Waals surface area contributed by atoms with Crippen molar-refractivity contribution in [1.82, 2.24) is 9.55 Å². The maximum Gasteiger partial charge on any atom is 0.335 e. The number of hydrogen-bond donors (Lipinski definition) is 1. The van der Waals surface area contributed by atoms with Crippen molar-refractivity contribution in [2.24, 2.45) is 7.05 Å². The van der Waals surface area contributed by atoms with Gasteiger partial charge in [0.1, 0.15) is 11.9 Å². The minimum atomic E-state index is -0.922. The van der Waals surface area contributed by atoms with Crippen molar-refractivity contribution >= 4 is 17.0 Å². The summed E-state index contributed by atoms with van der Waals surface area (Å²) in [6.45, 7) is 0.772. The highest BCUT2D eigenvalue weighted by Gasteiger charge is 2.25. The lowest BCUT2D eigenvalue weighted by atomic mass is 10.2. The van der Waals surface area contributed by atoms with Gasteiger partial charge in [-0.15, -0.1) is 0 Å². The Morgan fingerprint density at radius 2 is 2.35 bits per heavy atom. The van der Waals surface area contributed by atoms with Crippen molar-refractivity contribution in [3.8, 4) is 0 Å². The Kier molecular flexibility index (Phi) is 2.16. The second-order valence-electron chi connectivity index (χ2n) is 4.19. The Labute approximate surface area is 97.6 Å². The van der Waals surface area contributed by atoms with Crippen molar-refractivity contribution in [2.45, 2.75) is 12.5 Å². The first-order chi connectivity index (χ1) is 8.16. The van der Waals surface area contributed by atoms with E-state index in [0.29, 0.717) is 0 Å². The Balaban J connectivity index is 2.15. The molecule has 0 saturated carbocycles. The molecular weight excluding hydrogens is 220 g/mol. The molecule has 2 heterocycles. The number of carboxylic acid groups (broad SMARTS) is 1. The molecule has 1 aliphatic rings. The van der Waals surface area contributed by atoms with Crippen LogP contribution in [0.2, 0.25) is 0 Å².